The third-order valence-electron chi connectivity index (χ3n) is 3.65. The van der Waals surface area contributed by atoms with Crippen molar-refractivity contribution in [3.8, 4) is 34.1 Å². The molecule has 134 valence electrons. The van der Waals surface area contributed by atoms with Crippen LogP contribution in [0.25, 0.3) is 22.6 Å². The van der Waals surface area contributed by atoms with Crippen molar-refractivity contribution in [1.82, 2.24) is 9.97 Å². The second-order valence-corrected chi connectivity index (χ2v) is 5.18. The molecule has 3 aromatic rings. The monoisotopic (exact) mass is 364 g/mol. The maximum Gasteiger partial charge on any atom is 0.203 e. The van der Waals surface area contributed by atoms with Crippen LogP contribution in [-0.4, -0.2) is 24.2 Å². The smallest absolute Gasteiger partial charge is 0.203 e. The van der Waals surface area contributed by atoms with Crippen LogP contribution in [0.15, 0.2) is 36.5 Å². The third kappa shape index (κ3) is 3.05. The summed E-state index contributed by atoms with van der Waals surface area (Å²) in [6.45, 7) is 0. The number of halogens is 4. The van der Waals surface area contributed by atoms with E-state index in [1.54, 1.807) is 0 Å². The van der Waals surface area contributed by atoms with Crippen LogP contribution in [-0.2, 0) is 0 Å². The van der Waals surface area contributed by atoms with Crippen molar-refractivity contribution in [2.45, 2.75) is 0 Å². The summed E-state index contributed by atoms with van der Waals surface area (Å²) in [5.41, 5.74) is -0.00912. The van der Waals surface area contributed by atoms with Crippen LogP contribution < -0.4 is 9.47 Å². The van der Waals surface area contributed by atoms with E-state index < -0.39 is 29.0 Å². The summed E-state index contributed by atoms with van der Waals surface area (Å²) in [5, 5.41) is 0. The minimum absolute atomic E-state index is 0.0443. The molecule has 2 aromatic carbocycles. The lowest BCUT2D eigenvalue weighted by Gasteiger charge is -2.13. The number of ether oxygens (including phenoxy) is 2. The van der Waals surface area contributed by atoms with Gasteiger partial charge in [-0.1, -0.05) is 0 Å². The van der Waals surface area contributed by atoms with E-state index in [4.69, 9.17) is 4.74 Å². The Balaban J connectivity index is 2.23. The molecule has 8 heteroatoms. The largest absolute Gasteiger partial charge is 0.493 e. The second kappa shape index (κ2) is 6.99. The van der Waals surface area contributed by atoms with Gasteiger partial charge in [-0.2, -0.15) is 4.39 Å². The summed E-state index contributed by atoms with van der Waals surface area (Å²) in [5.74, 6) is -5.02. The Morgan fingerprint density at radius 2 is 1.58 bits per heavy atom. The van der Waals surface area contributed by atoms with Gasteiger partial charge in [-0.3, -0.25) is 0 Å². The third-order valence-corrected chi connectivity index (χ3v) is 3.65. The number of hydrogen-bond donors (Lipinski definition) is 0. The first-order valence-corrected chi connectivity index (χ1v) is 7.35. The molecule has 0 saturated heterocycles. The van der Waals surface area contributed by atoms with E-state index in [1.807, 2.05) is 0 Å². The van der Waals surface area contributed by atoms with Crippen molar-refractivity contribution < 1.29 is 27.0 Å². The highest BCUT2D eigenvalue weighted by atomic mass is 19.2. The van der Waals surface area contributed by atoms with Gasteiger partial charge in [0.2, 0.25) is 5.82 Å². The molecule has 0 unspecified atom stereocenters. The first-order chi connectivity index (χ1) is 12.5. The molecule has 1 heterocycles. The van der Waals surface area contributed by atoms with Gasteiger partial charge >= 0.3 is 0 Å². The highest BCUT2D eigenvalue weighted by Gasteiger charge is 2.24. The predicted molar refractivity (Wildman–Crippen MR) is 85.8 cm³/mol. The second-order valence-electron chi connectivity index (χ2n) is 5.18. The van der Waals surface area contributed by atoms with Gasteiger partial charge in [0.05, 0.1) is 20.4 Å². The van der Waals surface area contributed by atoms with Gasteiger partial charge < -0.3 is 9.47 Å². The molecule has 0 fully saturated rings. The van der Waals surface area contributed by atoms with Crippen molar-refractivity contribution in [3.63, 3.8) is 0 Å². The fraction of sp³-hybridized carbons (Fsp3) is 0.111. The number of aromatic nitrogens is 2. The molecular formula is C18H12F4N2O2. The zero-order valence-electron chi connectivity index (χ0n) is 13.7. The Morgan fingerprint density at radius 3 is 2.19 bits per heavy atom. The minimum atomic E-state index is -1.44. The highest BCUT2D eigenvalue weighted by molar-refractivity contribution is 5.71. The molecule has 0 spiro atoms. The Kier molecular flexibility index (Phi) is 4.75. The number of hydrogen-bond acceptors (Lipinski definition) is 4. The van der Waals surface area contributed by atoms with Gasteiger partial charge in [0.25, 0.3) is 0 Å². The molecule has 0 atom stereocenters. The molecule has 3 rings (SSSR count). The standard InChI is InChI=1S/C18H12F4N2O2/c1-25-13-8-23-18(9-3-5-10(19)6-4-9)24-16(13)11-7-12(20)15(22)17(26-2)14(11)21/h3-8H,1-2H3. The van der Waals surface area contributed by atoms with Crippen LogP contribution >= 0.6 is 0 Å². The Hall–Kier alpha value is -3.16. The van der Waals surface area contributed by atoms with Crippen LogP contribution in [0.3, 0.4) is 0 Å². The summed E-state index contributed by atoms with van der Waals surface area (Å²) in [7, 11) is 2.32. The lowest BCUT2D eigenvalue weighted by atomic mass is 10.1. The van der Waals surface area contributed by atoms with Gasteiger partial charge in [-0.15, -0.1) is 0 Å². The molecule has 0 N–H and O–H groups in total. The van der Waals surface area contributed by atoms with E-state index >= 15 is 0 Å². The fourth-order valence-electron chi connectivity index (χ4n) is 2.38. The Bertz CT molecular complexity index is 962. The fourth-order valence-corrected chi connectivity index (χ4v) is 2.38. The molecule has 0 aliphatic carbocycles. The SMILES string of the molecule is COc1cnc(-c2ccc(F)cc2)nc1-c1cc(F)c(F)c(OC)c1F. The average molecular weight is 364 g/mol. The lowest BCUT2D eigenvalue weighted by molar-refractivity contribution is 0.347. The van der Waals surface area contributed by atoms with Gasteiger partial charge in [-0.25, -0.2) is 23.1 Å². The van der Waals surface area contributed by atoms with E-state index in [9.17, 15) is 17.6 Å². The number of benzene rings is 2. The molecule has 0 bridgehead atoms. The van der Waals surface area contributed by atoms with Gasteiger partial charge in [-0.05, 0) is 30.3 Å². The number of rotatable bonds is 4. The molecule has 0 saturated carbocycles. The van der Waals surface area contributed by atoms with Crippen molar-refractivity contribution in [3.05, 3.63) is 59.8 Å². The normalized spacial score (nSPS) is 10.7. The molecule has 0 radical (unpaired) electrons. The van der Waals surface area contributed by atoms with Crippen LogP contribution in [0, 0.1) is 23.3 Å². The summed E-state index contributed by atoms with van der Waals surface area (Å²) in [4.78, 5) is 8.25. The van der Waals surface area contributed by atoms with Crippen LogP contribution in [0.2, 0.25) is 0 Å². The van der Waals surface area contributed by atoms with E-state index in [0.29, 0.717) is 11.6 Å². The molecule has 0 aliphatic rings. The maximum atomic E-state index is 14.6. The van der Waals surface area contributed by atoms with Crippen LogP contribution in [0.5, 0.6) is 11.5 Å². The Labute approximate surface area is 146 Å². The predicted octanol–water partition coefficient (Wildman–Crippen LogP) is 4.38. The van der Waals surface area contributed by atoms with Crippen LogP contribution in [0.4, 0.5) is 17.6 Å². The first-order valence-electron chi connectivity index (χ1n) is 7.35. The zero-order valence-corrected chi connectivity index (χ0v) is 13.7. The van der Waals surface area contributed by atoms with Crippen molar-refractivity contribution in [1.29, 1.82) is 0 Å². The molecule has 26 heavy (non-hydrogen) atoms. The van der Waals surface area contributed by atoms with E-state index in [2.05, 4.69) is 14.7 Å². The van der Waals surface area contributed by atoms with E-state index in [0.717, 1.165) is 7.11 Å². The average Bonchev–Trinajstić information content (AvgIpc) is 2.65. The minimum Gasteiger partial charge on any atom is -0.493 e. The first kappa shape index (κ1) is 17.7. The van der Waals surface area contributed by atoms with Gasteiger partial charge in [0.1, 0.15) is 11.5 Å². The molecule has 0 aliphatic heterocycles. The van der Waals surface area contributed by atoms with Gasteiger partial charge in [0.15, 0.2) is 29.0 Å². The van der Waals surface area contributed by atoms with E-state index in [-0.39, 0.29) is 22.8 Å². The lowest BCUT2D eigenvalue weighted by Crippen LogP contribution is -2.02. The highest BCUT2D eigenvalue weighted by Crippen LogP contribution is 2.37. The summed E-state index contributed by atoms with van der Waals surface area (Å²) in [6.07, 6.45) is 1.26. The molecule has 1 aromatic heterocycles. The quantitative estimate of drug-likeness (QED) is 0.509. The molecule has 4 nitrogen and oxygen atoms in total. The maximum absolute atomic E-state index is 14.6. The number of nitrogens with zero attached hydrogens (tertiary/aromatic N) is 2. The summed E-state index contributed by atoms with van der Waals surface area (Å²) in [6, 6.07) is 5.95. The summed E-state index contributed by atoms with van der Waals surface area (Å²) >= 11 is 0. The molecular weight excluding hydrogens is 352 g/mol. The van der Waals surface area contributed by atoms with Crippen LogP contribution in [0.1, 0.15) is 0 Å². The summed E-state index contributed by atoms with van der Waals surface area (Å²) < 4.78 is 64.9. The van der Waals surface area contributed by atoms with Gasteiger partial charge in [0, 0.05) is 11.1 Å². The van der Waals surface area contributed by atoms with Crippen molar-refractivity contribution in [2.24, 2.45) is 0 Å². The Morgan fingerprint density at radius 1 is 0.885 bits per heavy atom. The van der Waals surface area contributed by atoms with Crippen molar-refractivity contribution >= 4 is 0 Å². The zero-order chi connectivity index (χ0) is 18.8. The van der Waals surface area contributed by atoms with E-state index in [1.165, 1.54) is 37.6 Å². The topological polar surface area (TPSA) is 44.2 Å². The molecule has 0 amide bonds. The van der Waals surface area contributed by atoms with Crippen molar-refractivity contribution in [2.75, 3.05) is 14.2 Å². The number of methoxy groups -OCH3 is 2.